The van der Waals surface area contributed by atoms with Crippen LogP contribution in [0.5, 0.6) is 0 Å². The molecule has 2 aromatic rings. The number of nitrogens with one attached hydrogen (secondary N) is 1. The normalized spacial score (nSPS) is 21.1. The van der Waals surface area contributed by atoms with Crippen molar-refractivity contribution in [2.75, 3.05) is 6.54 Å². The monoisotopic (exact) mass is 229 g/mol. The maximum Gasteiger partial charge on any atom is 0.0343 e. The molecule has 0 saturated carbocycles. The van der Waals surface area contributed by atoms with Gasteiger partial charge in [0.1, 0.15) is 0 Å². The first-order chi connectivity index (χ1) is 7.83. The van der Waals surface area contributed by atoms with Crippen molar-refractivity contribution in [3.8, 4) is 0 Å². The van der Waals surface area contributed by atoms with Gasteiger partial charge in [0.15, 0.2) is 0 Å². The summed E-state index contributed by atoms with van der Waals surface area (Å²) >= 11 is 1.81. The standard InChI is InChI=1S/C14H15NS/c1-10-8-12(4-6-15-10)11-2-3-14-13(9-11)5-7-16-14/h2-3,5,7-10,15H,4,6H2,1H3. The molecule has 0 aliphatic carbocycles. The van der Waals surface area contributed by atoms with Gasteiger partial charge < -0.3 is 5.32 Å². The summed E-state index contributed by atoms with van der Waals surface area (Å²) in [6, 6.07) is 9.51. The minimum atomic E-state index is 0.502. The number of rotatable bonds is 1. The van der Waals surface area contributed by atoms with Gasteiger partial charge in [-0.05, 0) is 60.0 Å². The molecule has 0 fully saturated rings. The first-order valence-electron chi connectivity index (χ1n) is 5.75. The lowest BCUT2D eigenvalue weighted by atomic mass is 9.97. The maximum atomic E-state index is 3.44. The highest BCUT2D eigenvalue weighted by molar-refractivity contribution is 7.17. The van der Waals surface area contributed by atoms with E-state index in [1.807, 2.05) is 11.3 Å². The molecular weight excluding hydrogens is 214 g/mol. The Labute approximate surface area is 99.8 Å². The SMILES string of the molecule is CC1C=C(c2ccc3sccc3c2)CCN1. The highest BCUT2D eigenvalue weighted by Gasteiger charge is 2.10. The summed E-state index contributed by atoms with van der Waals surface area (Å²) in [4.78, 5) is 0. The minimum Gasteiger partial charge on any atom is -0.310 e. The molecule has 1 aromatic heterocycles. The lowest BCUT2D eigenvalue weighted by Gasteiger charge is -2.19. The fraction of sp³-hybridized carbons (Fsp3) is 0.286. The van der Waals surface area contributed by atoms with Gasteiger partial charge in [-0.2, -0.15) is 0 Å². The number of hydrogen-bond acceptors (Lipinski definition) is 2. The molecule has 1 atom stereocenters. The lowest BCUT2D eigenvalue weighted by molar-refractivity contribution is 0.620. The quantitative estimate of drug-likeness (QED) is 0.786. The van der Waals surface area contributed by atoms with E-state index < -0.39 is 0 Å². The molecule has 1 nitrogen and oxygen atoms in total. The summed E-state index contributed by atoms with van der Waals surface area (Å²) in [5.74, 6) is 0. The molecule has 0 amide bonds. The van der Waals surface area contributed by atoms with Crippen LogP contribution in [0, 0.1) is 0 Å². The zero-order valence-electron chi connectivity index (χ0n) is 9.36. The van der Waals surface area contributed by atoms with Crippen LogP contribution in [-0.4, -0.2) is 12.6 Å². The van der Waals surface area contributed by atoms with E-state index in [4.69, 9.17) is 0 Å². The molecule has 0 bridgehead atoms. The Morgan fingerprint density at radius 1 is 1.31 bits per heavy atom. The van der Waals surface area contributed by atoms with Crippen molar-refractivity contribution >= 4 is 27.0 Å². The Kier molecular flexibility index (Phi) is 2.54. The van der Waals surface area contributed by atoms with Crippen LogP contribution in [0.3, 0.4) is 0 Å². The molecule has 1 N–H and O–H groups in total. The van der Waals surface area contributed by atoms with E-state index in [0.717, 1.165) is 13.0 Å². The van der Waals surface area contributed by atoms with Gasteiger partial charge >= 0.3 is 0 Å². The van der Waals surface area contributed by atoms with Crippen LogP contribution >= 0.6 is 11.3 Å². The van der Waals surface area contributed by atoms with Crippen LogP contribution in [0.2, 0.25) is 0 Å². The molecule has 16 heavy (non-hydrogen) atoms. The van der Waals surface area contributed by atoms with Crippen LogP contribution in [0.25, 0.3) is 15.7 Å². The van der Waals surface area contributed by atoms with Crippen molar-refractivity contribution < 1.29 is 0 Å². The third-order valence-electron chi connectivity index (χ3n) is 3.14. The van der Waals surface area contributed by atoms with Gasteiger partial charge in [0.05, 0.1) is 0 Å². The van der Waals surface area contributed by atoms with Crippen molar-refractivity contribution in [2.24, 2.45) is 0 Å². The van der Waals surface area contributed by atoms with Gasteiger partial charge in [0, 0.05) is 10.7 Å². The van der Waals surface area contributed by atoms with Crippen molar-refractivity contribution in [1.29, 1.82) is 0 Å². The fourth-order valence-electron chi connectivity index (χ4n) is 2.29. The van der Waals surface area contributed by atoms with Crippen LogP contribution in [0.4, 0.5) is 0 Å². The molecule has 1 unspecified atom stereocenters. The Morgan fingerprint density at radius 2 is 2.25 bits per heavy atom. The average molecular weight is 229 g/mol. The van der Waals surface area contributed by atoms with Gasteiger partial charge in [0.25, 0.3) is 0 Å². The predicted molar refractivity (Wildman–Crippen MR) is 71.9 cm³/mol. The molecular formula is C14H15NS. The summed E-state index contributed by atoms with van der Waals surface area (Å²) in [7, 11) is 0. The van der Waals surface area contributed by atoms with Gasteiger partial charge in [-0.25, -0.2) is 0 Å². The molecule has 0 saturated heterocycles. The first kappa shape index (κ1) is 10.1. The predicted octanol–water partition coefficient (Wildman–Crippen LogP) is 3.67. The Morgan fingerprint density at radius 3 is 3.12 bits per heavy atom. The largest absolute Gasteiger partial charge is 0.310 e. The third kappa shape index (κ3) is 1.79. The zero-order chi connectivity index (χ0) is 11.0. The Bertz CT molecular complexity index is 538. The molecule has 2 heterocycles. The molecule has 2 heteroatoms. The van der Waals surface area contributed by atoms with Crippen molar-refractivity contribution in [1.82, 2.24) is 5.32 Å². The van der Waals surface area contributed by atoms with Crippen LogP contribution < -0.4 is 5.32 Å². The summed E-state index contributed by atoms with van der Waals surface area (Å²) < 4.78 is 1.38. The lowest BCUT2D eigenvalue weighted by Crippen LogP contribution is -2.29. The number of hydrogen-bond donors (Lipinski definition) is 1. The summed E-state index contributed by atoms with van der Waals surface area (Å²) in [5.41, 5.74) is 2.87. The molecule has 1 aliphatic heterocycles. The smallest absolute Gasteiger partial charge is 0.0343 e. The molecule has 1 aliphatic rings. The van der Waals surface area contributed by atoms with E-state index in [0.29, 0.717) is 6.04 Å². The maximum absolute atomic E-state index is 3.44. The van der Waals surface area contributed by atoms with E-state index in [1.165, 1.54) is 21.2 Å². The zero-order valence-corrected chi connectivity index (χ0v) is 10.2. The van der Waals surface area contributed by atoms with Crippen molar-refractivity contribution in [3.63, 3.8) is 0 Å². The van der Waals surface area contributed by atoms with E-state index >= 15 is 0 Å². The van der Waals surface area contributed by atoms with Crippen LogP contribution in [0.1, 0.15) is 18.9 Å². The van der Waals surface area contributed by atoms with Crippen molar-refractivity contribution in [2.45, 2.75) is 19.4 Å². The highest BCUT2D eigenvalue weighted by atomic mass is 32.1. The van der Waals surface area contributed by atoms with Crippen LogP contribution in [0.15, 0.2) is 35.7 Å². The molecule has 0 radical (unpaired) electrons. The average Bonchev–Trinajstić information content (AvgIpc) is 2.75. The second-order valence-electron chi connectivity index (χ2n) is 4.36. The first-order valence-corrected chi connectivity index (χ1v) is 6.62. The second-order valence-corrected chi connectivity index (χ2v) is 5.31. The van der Waals surface area contributed by atoms with Gasteiger partial charge in [0.2, 0.25) is 0 Å². The summed E-state index contributed by atoms with van der Waals surface area (Å²) in [6.07, 6.45) is 3.48. The Balaban J connectivity index is 2.04. The number of fused-ring (bicyclic) bond motifs is 1. The fourth-order valence-corrected chi connectivity index (χ4v) is 3.06. The highest BCUT2D eigenvalue weighted by Crippen LogP contribution is 2.27. The van der Waals surface area contributed by atoms with E-state index in [2.05, 4.69) is 48.0 Å². The van der Waals surface area contributed by atoms with Crippen molar-refractivity contribution in [3.05, 3.63) is 41.3 Å². The second kappa shape index (κ2) is 4.04. The van der Waals surface area contributed by atoms with E-state index in [1.54, 1.807) is 0 Å². The van der Waals surface area contributed by atoms with Gasteiger partial charge in [-0.15, -0.1) is 11.3 Å². The van der Waals surface area contributed by atoms with E-state index in [9.17, 15) is 0 Å². The van der Waals surface area contributed by atoms with Gasteiger partial charge in [-0.1, -0.05) is 12.1 Å². The van der Waals surface area contributed by atoms with E-state index in [-0.39, 0.29) is 0 Å². The third-order valence-corrected chi connectivity index (χ3v) is 4.03. The Hall–Kier alpha value is -1.12. The minimum absolute atomic E-state index is 0.502. The van der Waals surface area contributed by atoms with Crippen LogP contribution in [-0.2, 0) is 0 Å². The molecule has 1 aromatic carbocycles. The topological polar surface area (TPSA) is 12.0 Å². The summed E-state index contributed by atoms with van der Waals surface area (Å²) in [6.45, 7) is 3.30. The number of benzene rings is 1. The molecule has 82 valence electrons. The number of thiophene rings is 1. The van der Waals surface area contributed by atoms with Gasteiger partial charge in [-0.3, -0.25) is 0 Å². The molecule has 3 rings (SSSR count). The molecule has 0 spiro atoms. The summed E-state index contributed by atoms with van der Waals surface area (Å²) in [5, 5.41) is 6.97.